The summed E-state index contributed by atoms with van der Waals surface area (Å²) in [4.78, 5) is 11.6. The smallest absolute Gasteiger partial charge is 0.294 e. The zero-order valence-electron chi connectivity index (χ0n) is 12.9. The second kappa shape index (κ2) is 7.73. The van der Waals surface area contributed by atoms with Gasteiger partial charge in [0.05, 0.1) is 4.90 Å². The lowest BCUT2D eigenvalue weighted by molar-refractivity contribution is -0.112. The zero-order chi connectivity index (χ0) is 19.3. The van der Waals surface area contributed by atoms with E-state index in [1.165, 1.54) is 12.1 Å². The molecule has 0 bridgehead atoms. The molecule has 0 aliphatic rings. The molecule has 0 aliphatic carbocycles. The highest BCUT2D eigenvalue weighted by molar-refractivity contribution is 7.85. The highest BCUT2D eigenvalue weighted by atomic mass is 32.2. The molecule has 0 aliphatic heterocycles. The van der Waals surface area contributed by atoms with Crippen LogP contribution in [0.25, 0.3) is 0 Å². The van der Waals surface area contributed by atoms with Gasteiger partial charge in [-0.15, -0.1) is 0 Å². The predicted molar refractivity (Wildman–Crippen MR) is 88.6 cm³/mol. The standard InChI is InChI=1S/C16H11F2N3O4S/c17-13-2-1-3-14(18)15(13)20-9-10(8-19)16(22)21-11-4-6-12(7-5-11)26(23,24)25/h1-7,9,20H,(H,21,22)(H,23,24,25)/b10-9-. The number of carbonyl (C=O) groups excluding carboxylic acids is 1. The molecule has 0 aromatic heterocycles. The summed E-state index contributed by atoms with van der Waals surface area (Å²) in [7, 11) is -4.37. The number of benzene rings is 2. The van der Waals surface area contributed by atoms with E-state index in [1.807, 2.05) is 0 Å². The molecule has 0 saturated carbocycles. The quantitative estimate of drug-likeness (QED) is 0.417. The van der Waals surface area contributed by atoms with Crippen LogP contribution in [0, 0.1) is 23.0 Å². The molecule has 2 aromatic carbocycles. The first-order valence-electron chi connectivity index (χ1n) is 6.92. The van der Waals surface area contributed by atoms with E-state index in [4.69, 9.17) is 9.81 Å². The number of nitriles is 1. The molecular formula is C16H11F2N3O4S. The number of hydrogen-bond donors (Lipinski definition) is 3. The van der Waals surface area contributed by atoms with Gasteiger partial charge in [-0.3, -0.25) is 9.35 Å². The number of carbonyl (C=O) groups is 1. The van der Waals surface area contributed by atoms with Crippen molar-refractivity contribution in [3.8, 4) is 6.07 Å². The minimum Gasteiger partial charge on any atom is -0.355 e. The van der Waals surface area contributed by atoms with Crippen molar-refractivity contribution in [2.45, 2.75) is 4.90 Å². The van der Waals surface area contributed by atoms with Crippen LogP contribution in [-0.2, 0) is 14.9 Å². The monoisotopic (exact) mass is 379 g/mol. The van der Waals surface area contributed by atoms with Crippen molar-refractivity contribution in [1.29, 1.82) is 5.26 Å². The van der Waals surface area contributed by atoms with Gasteiger partial charge < -0.3 is 10.6 Å². The Labute approximate surface area is 147 Å². The SMILES string of the molecule is N#C/C(=C/Nc1c(F)cccc1F)C(=O)Nc1ccc(S(=O)(=O)O)cc1. The molecule has 0 radical (unpaired) electrons. The topological polar surface area (TPSA) is 119 Å². The lowest BCUT2D eigenvalue weighted by atomic mass is 10.2. The van der Waals surface area contributed by atoms with Gasteiger partial charge in [-0.05, 0) is 36.4 Å². The summed E-state index contributed by atoms with van der Waals surface area (Å²) < 4.78 is 57.8. The van der Waals surface area contributed by atoms with E-state index in [-0.39, 0.29) is 10.6 Å². The van der Waals surface area contributed by atoms with Gasteiger partial charge in [-0.2, -0.15) is 13.7 Å². The molecule has 0 fully saturated rings. The number of hydrogen-bond acceptors (Lipinski definition) is 5. The van der Waals surface area contributed by atoms with Crippen molar-refractivity contribution in [3.05, 3.63) is 65.9 Å². The molecule has 3 N–H and O–H groups in total. The third kappa shape index (κ3) is 4.62. The maximum absolute atomic E-state index is 13.5. The minimum absolute atomic E-state index is 0.139. The molecule has 0 spiro atoms. The maximum atomic E-state index is 13.5. The number of halogens is 2. The summed E-state index contributed by atoms with van der Waals surface area (Å²) >= 11 is 0. The maximum Gasteiger partial charge on any atom is 0.294 e. The number of anilines is 2. The molecule has 10 heteroatoms. The van der Waals surface area contributed by atoms with Crippen LogP contribution in [-0.4, -0.2) is 18.9 Å². The summed E-state index contributed by atoms with van der Waals surface area (Å²) in [5.74, 6) is -2.70. The average Bonchev–Trinajstić information content (AvgIpc) is 2.57. The highest BCUT2D eigenvalue weighted by Crippen LogP contribution is 2.19. The van der Waals surface area contributed by atoms with Gasteiger partial charge in [0.25, 0.3) is 16.0 Å². The van der Waals surface area contributed by atoms with E-state index < -0.39 is 38.9 Å². The molecular weight excluding hydrogens is 368 g/mol. The summed E-state index contributed by atoms with van der Waals surface area (Å²) in [5.41, 5.74) is -0.863. The van der Waals surface area contributed by atoms with E-state index in [0.29, 0.717) is 0 Å². The second-order valence-electron chi connectivity index (χ2n) is 4.86. The molecule has 26 heavy (non-hydrogen) atoms. The van der Waals surface area contributed by atoms with E-state index >= 15 is 0 Å². The van der Waals surface area contributed by atoms with Crippen molar-refractivity contribution >= 4 is 27.4 Å². The van der Waals surface area contributed by atoms with Gasteiger partial charge >= 0.3 is 0 Å². The molecule has 2 rings (SSSR count). The van der Waals surface area contributed by atoms with Crippen LogP contribution in [0.15, 0.2) is 59.1 Å². The van der Waals surface area contributed by atoms with Crippen molar-refractivity contribution in [3.63, 3.8) is 0 Å². The van der Waals surface area contributed by atoms with Gasteiger partial charge in [-0.25, -0.2) is 8.78 Å². The summed E-state index contributed by atoms with van der Waals surface area (Å²) in [5, 5.41) is 13.5. The Kier molecular flexibility index (Phi) is 5.66. The van der Waals surface area contributed by atoms with E-state index in [1.54, 1.807) is 6.07 Å². The minimum atomic E-state index is -4.37. The number of nitrogens with zero attached hydrogens (tertiary/aromatic N) is 1. The van der Waals surface area contributed by atoms with E-state index in [2.05, 4.69) is 10.6 Å². The lowest BCUT2D eigenvalue weighted by Gasteiger charge is -2.07. The number of para-hydroxylation sites is 1. The van der Waals surface area contributed by atoms with Crippen LogP contribution in [0.4, 0.5) is 20.2 Å². The summed E-state index contributed by atoms with van der Waals surface area (Å²) in [6, 6.07) is 9.22. The lowest BCUT2D eigenvalue weighted by Crippen LogP contribution is -2.15. The van der Waals surface area contributed by atoms with Gasteiger partial charge in [0.15, 0.2) is 0 Å². The Morgan fingerprint density at radius 2 is 1.69 bits per heavy atom. The first-order valence-corrected chi connectivity index (χ1v) is 8.36. The van der Waals surface area contributed by atoms with Crippen molar-refractivity contribution in [2.24, 2.45) is 0 Å². The Bertz CT molecular complexity index is 993. The normalized spacial score (nSPS) is 11.5. The van der Waals surface area contributed by atoms with Gasteiger partial charge in [0.1, 0.15) is 29.0 Å². The van der Waals surface area contributed by atoms with Crippen LogP contribution >= 0.6 is 0 Å². The first kappa shape index (κ1) is 19.0. The second-order valence-corrected chi connectivity index (χ2v) is 6.29. The largest absolute Gasteiger partial charge is 0.355 e. The molecule has 2 aromatic rings. The molecule has 0 atom stereocenters. The van der Waals surface area contributed by atoms with Gasteiger partial charge in [-0.1, -0.05) is 6.07 Å². The highest BCUT2D eigenvalue weighted by Gasteiger charge is 2.13. The first-order chi connectivity index (χ1) is 12.2. The zero-order valence-corrected chi connectivity index (χ0v) is 13.7. The molecule has 0 unspecified atom stereocenters. The molecule has 1 amide bonds. The molecule has 7 nitrogen and oxygen atoms in total. The van der Waals surface area contributed by atoms with Crippen molar-refractivity contribution in [1.82, 2.24) is 0 Å². The Morgan fingerprint density at radius 3 is 2.19 bits per heavy atom. The van der Waals surface area contributed by atoms with Crippen molar-refractivity contribution in [2.75, 3.05) is 10.6 Å². The predicted octanol–water partition coefficient (Wildman–Crippen LogP) is 2.67. The average molecular weight is 379 g/mol. The Hall–Kier alpha value is -3.29. The van der Waals surface area contributed by atoms with Gasteiger partial charge in [0, 0.05) is 11.9 Å². The summed E-state index contributed by atoms with van der Waals surface area (Å²) in [6.07, 6.45) is 0.837. The number of rotatable bonds is 5. The van der Waals surface area contributed by atoms with Crippen LogP contribution in [0.5, 0.6) is 0 Å². The Morgan fingerprint density at radius 1 is 1.12 bits per heavy atom. The number of nitrogens with one attached hydrogen (secondary N) is 2. The third-order valence-corrected chi connectivity index (χ3v) is 3.97. The van der Waals surface area contributed by atoms with E-state index in [0.717, 1.165) is 36.5 Å². The number of amides is 1. The van der Waals surface area contributed by atoms with Crippen LogP contribution in [0.1, 0.15) is 0 Å². The fraction of sp³-hybridized carbons (Fsp3) is 0. The van der Waals surface area contributed by atoms with Crippen LogP contribution < -0.4 is 10.6 Å². The van der Waals surface area contributed by atoms with Crippen LogP contribution in [0.2, 0.25) is 0 Å². The fourth-order valence-corrected chi connectivity index (χ4v) is 2.32. The molecule has 134 valence electrons. The molecule has 0 saturated heterocycles. The van der Waals surface area contributed by atoms with Crippen molar-refractivity contribution < 1.29 is 26.5 Å². The molecule has 0 heterocycles. The van der Waals surface area contributed by atoms with Gasteiger partial charge in [0.2, 0.25) is 0 Å². The third-order valence-electron chi connectivity index (χ3n) is 3.10. The summed E-state index contributed by atoms with van der Waals surface area (Å²) in [6.45, 7) is 0. The fourth-order valence-electron chi connectivity index (χ4n) is 1.84. The Balaban J connectivity index is 2.15. The van der Waals surface area contributed by atoms with Crippen LogP contribution in [0.3, 0.4) is 0 Å². The van der Waals surface area contributed by atoms with E-state index in [9.17, 15) is 22.0 Å².